The molecular formula is C13H18O. The van der Waals surface area contributed by atoms with Crippen LogP contribution in [0.3, 0.4) is 0 Å². The third-order valence-corrected chi connectivity index (χ3v) is 3.59. The Morgan fingerprint density at radius 2 is 2.29 bits per heavy atom. The average molecular weight is 190 g/mol. The maximum atomic E-state index is 10.8. The minimum absolute atomic E-state index is 0.277. The third kappa shape index (κ3) is 1.56. The van der Waals surface area contributed by atoms with E-state index in [0.29, 0.717) is 0 Å². The predicted octanol–water partition coefficient (Wildman–Crippen LogP) is 3.27. The smallest absolute Gasteiger partial charge is 0.123 e. The normalized spacial score (nSPS) is 30.0. The molecule has 0 saturated carbocycles. The van der Waals surface area contributed by atoms with E-state index in [4.69, 9.17) is 0 Å². The van der Waals surface area contributed by atoms with Crippen LogP contribution in [-0.4, -0.2) is 6.29 Å². The highest BCUT2D eigenvalue weighted by Crippen LogP contribution is 2.44. The van der Waals surface area contributed by atoms with Gasteiger partial charge >= 0.3 is 0 Å². The van der Waals surface area contributed by atoms with E-state index in [0.717, 1.165) is 32.0 Å². The van der Waals surface area contributed by atoms with Crippen LogP contribution in [0, 0.1) is 11.3 Å². The second kappa shape index (κ2) is 3.38. The van der Waals surface area contributed by atoms with Gasteiger partial charge in [0.1, 0.15) is 6.29 Å². The predicted molar refractivity (Wildman–Crippen MR) is 58.0 cm³/mol. The first-order chi connectivity index (χ1) is 6.63. The fourth-order valence-electron chi connectivity index (χ4n) is 2.62. The zero-order valence-corrected chi connectivity index (χ0v) is 9.05. The molecule has 0 radical (unpaired) electrons. The SMILES string of the molecule is CC1(C)CC=CC2=C1CC(C=O)CC2. The summed E-state index contributed by atoms with van der Waals surface area (Å²) in [6.45, 7) is 4.58. The zero-order chi connectivity index (χ0) is 10.2. The first-order valence-electron chi connectivity index (χ1n) is 5.48. The van der Waals surface area contributed by atoms with Gasteiger partial charge in [0.25, 0.3) is 0 Å². The van der Waals surface area contributed by atoms with E-state index >= 15 is 0 Å². The van der Waals surface area contributed by atoms with E-state index in [1.54, 1.807) is 0 Å². The summed E-state index contributed by atoms with van der Waals surface area (Å²) in [7, 11) is 0. The molecule has 76 valence electrons. The van der Waals surface area contributed by atoms with Crippen LogP contribution < -0.4 is 0 Å². The molecule has 0 aromatic carbocycles. The summed E-state index contributed by atoms with van der Waals surface area (Å²) >= 11 is 0. The monoisotopic (exact) mass is 190 g/mol. The van der Waals surface area contributed by atoms with Crippen molar-refractivity contribution in [2.45, 2.75) is 39.5 Å². The maximum absolute atomic E-state index is 10.8. The van der Waals surface area contributed by atoms with Gasteiger partial charge in [-0.1, -0.05) is 31.6 Å². The average Bonchev–Trinajstić information content (AvgIpc) is 2.17. The Hall–Kier alpha value is -0.850. The highest BCUT2D eigenvalue weighted by atomic mass is 16.1. The summed E-state index contributed by atoms with van der Waals surface area (Å²) in [5, 5.41) is 0. The van der Waals surface area contributed by atoms with Crippen molar-refractivity contribution in [3.8, 4) is 0 Å². The molecule has 0 saturated heterocycles. The molecule has 1 atom stereocenters. The molecule has 0 spiro atoms. The highest BCUT2D eigenvalue weighted by Gasteiger charge is 2.31. The van der Waals surface area contributed by atoms with E-state index in [1.165, 1.54) is 11.1 Å². The minimum Gasteiger partial charge on any atom is -0.303 e. The Morgan fingerprint density at radius 3 is 3.00 bits per heavy atom. The molecule has 0 aliphatic heterocycles. The van der Waals surface area contributed by atoms with Crippen molar-refractivity contribution in [1.82, 2.24) is 0 Å². The lowest BCUT2D eigenvalue weighted by Crippen LogP contribution is -2.24. The molecule has 0 fully saturated rings. The van der Waals surface area contributed by atoms with Crippen molar-refractivity contribution in [3.05, 3.63) is 23.3 Å². The molecule has 0 amide bonds. The van der Waals surface area contributed by atoms with Crippen molar-refractivity contribution in [2.24, 2.45) is 11.3 Å². The first kappa shape index (κ1) is 9.70. The van der Waals surface area contributed by atoms with Gasteiger partial charge in [0.05, 0.1) is 0 Å². The standard InChI is InChI=1S/C13H18O/c1-13(2)7-3-4-11-6-5-10(9-14)8-12(11)13/h3-4,9-10H,5-8H2,1-2H3. The molecule has 0 aromatic heterocycles. The summed E-state index contributed by atoms with van der Waals surface area (Å²) < 4.78 is 0. The molecule has 2 aliphatic rings. The van der Waals surface area contributed by atoms with Crippen LogP contribution in [0.15, 0.2) is 23.3 Å². The van der Waals surface area contributed by atoms with Crippen molar-refractivity contribution >= 4 is 6.29 Å². The van der Waals surface area contributed by atoms with Gasteiger partial charge in [0, 0.05) is 5.92 Å². The molecule has 1 heteroatoms. The number of hydrogen-bond donors (Lipinski definition) is 0. The maximum Gasteiger partial charge on any atom is 0.123 e. The van der Waals surface area contributed by atoms with Gasteiger partial charge in [-0.2, -0.15) is 0 Å². The van der Waals surface area contributed by atoms with Crippen LogP contribution in [0.5, 0.6) is 0 Å². The van der Waals surface area contributed by atoms with Crippen LogP contribution in [0.1, 0.15) is 39.5 Å². The summed E-state index contributed by atoms with van der Waals surface area (Å²) in [4.78, 5) is 10.8. The molecule has 2 aliphatic carbocycles. The molecular weight excluding hydrogens is 172 g/mol. The largest absolute Gasteiger partial charge is 0.303 e. The minimum atomic E-state index is 0.277. The molecule has 14 heavy (non-hydrogen) atoms. The molecule has 0 bridgehead atoms. The Kier molecular flexibility index (Phi) is 2.34. The van der Waals surface area contributed by atoms with E-state index < -0.39 is 0 Å². The van der Waals surface area contributed by atoms with Gasteiger partial charge in [-0.15, -0.1) is 0 Å². The Balaban J connectivity index is 2.31. The van der Waals surface area contributed by atoms with Crippen molar-refractivity contribution in [2.75, 3.05) is 0 Å². The van der Waals surface area contributed by atoms with Gasteiger partial charge in [0.2, 0.25) is 0 Å². The Morgan fingerprint density at radius 1 is 1.50 bits per heavy atom. The van der Waals surface area contributed by atoms with Crippen LogP contribution in [0.2, 0.25) is 0 Å². The molecule has 1 unspecified atom stereocenters. The number of carbonyl (C=O) groups excluding carboxylic acids is 1. The number of aldehydes is 1. The van der Waals surface area contributed by atoms with E-state index in [9.17, 15) is 4.79 Å². The quantitative estimate of drug-likeness (QED) is 0.580. The van der Waals surface area contributed by atoms with Gasteiger partial charge in [-0.05, 0) is 36.7 Å². The number of allylic oxidation sites excluding steroid dienone is 4. The van der Waals surface area contributed by atoms with Crippen molar-refractivity contribution in [1.29, 1.82) is 0 Å². The number of rotatable bonds is 1. The summed E-state index contributed by atoms with van der Waals surface area (Å²) in [6.07, 6.45) is 9.94. The van der Waals surface area contributed by atoms with Gasteiger partial charge in [0.15, 0.2) is 0 Å². The molecule has 1 nitrogen and oxygen atoms in total. The van der Waals surface area contributed by atoms with Crippen LogP contribution in [0.25, 0.3) is 0 Å². The Labute approximate surface area is 85.9 Å². The fraction of sp³-hybridized carbons (Fsp3) is 0.615. The van der Waals surface area contributed by atoms with Crippen LogP contribution in [-0.2, 0) is 4.79 Å². The highest BCUT2D eigenvalue weighted by molar-refractivity contribution is 5.56. The van der Waals surface area contributed by atoms with Crippen molar-refractivity contribution in [3.63, 3.8) is 0 Å². The first-order valence-corrected chi connectivity index (χ1v) is 5.48. The Bertz CT molecular complexity index is 307. The van der Waals surface area contributed by atoms with Crippen molar-refractivity contribution < 1.29 is 4.79 Å². The summed E-state index contributed by atoms with van der Waals surface area (Å²) in [5.74, 6) is 0.277. The fourth-order valence-corrected chi connectivity index (χ4v) is 2.62. The van der Waals surface area contributed by atoms with Gasteiger partial charge in [-0.25, -0.2) is 0 Å². The summed E-state index contributed by atoms with van der Waals surface area (Å²) in [6, 6.07) is 0. The molecule has 2 rings (SSSR count). The van der Waals surface area contributed by atoms with E-state index in [-0.39, 0.29) is 11.3 Å². The van der Waals surface area contributed by atoms with E-state index in [1.807, 2.05) is 0 Å². The van der Waals surface area contributed by atoms with Gasteiger partial charge < -0.3 is 4.79 Å². The van der Waals surface area contributed by atoms with Crippen LogP contribution >= 0.6 is 0 Å². The molecule has 0 aromatic rings. The lowest BCUT2D eigenvalue weighted by atomic mass is 9.68. The van der Waals surface area contributed by atoms with Gasteiger partial charge in [-0.3, -0.25) is 0 Å². The lowest BCUT2D eigenvalue weighted by Gasteiger charge is -2.36. The number of carbonyl (C=O) groups is 1. The zero-order valence-electron chi connectivity index (χ0n) is 9.05. The number of hydrogen-bond acceptors (Lipinski definition) is 1. The lowest BCUT2D eigenvalue weighted by molar-refractivity contribution is -0.111. The van der Waals surface area contributed by atoms with Crippen LogP contribution in [0.4, 0.5) is 0 Å². The molecule has 0 N–H and O–H groups in total. The third-order valence-electron chi connectivity index (χ3n) is 3.59. The topological polar surface area (TPSA) is 17.1 Å². The second-order valence-corrected chi connectivity index (χ2v) is 5.13. The van der Waals surface area contributed by atoms with E-state index in [2.05, 4.69) is 26.0 Å². The second-order valence-electron chi connectivity index (χ2n) is 5.13. The molecule has 0 heterocycles. The summed E-state index contributed by atoms with van der Waals surface area (Å²) in [5.41, 5.74) is 3.31.